The van der Waals surface area contributed by atoms with Crippen molar-refractivity contribution in [3.63, 3.8) is 0 Å². The largest absolute Gasteiger partial charge is 0.358 e. The zero-order chi connectivity index (χ0) is 15.0. The maximum Gasteiger partial charge on any atom is 0.323 e. The van der Waals surface area contributed by atoms with Gasteiger partial charge in [0, 0.05) is 24.7 Å². The second kappa shape index (κ2) is 5.48. The molecule has 2 aliphatic rings. The number of carbonyl (C=O) groups is 1. The Kier molecular flexibility index (Phi) is 3.67. The summed E-state index contributed by atoms with van der Waals surface area (Å²) in [6.07, 6.45) is 4.30. The number of carbonyl (C=O) groups excluding carboxylic acids is 1. The number of hydrogen-bond acceptors (Lipinski definition) is 4. The van der Waals surface area contributed by atoms with Gasteiger partial charge in [-0.3, -0.25) is 4.79 Å². The molecule has 3 rings (SSSR count). The smallest absolute Gasteiger partial charge is 0.323 e. The number of amides is 1. The maximum absolute atomic E-state index is 12.7. The van der Waals surface area contributed by atoms with Crippen molar-refractivity contribution in [3.8, 4) is 0 Å². The van der Waals surface area contributed by atoms with Crippen molar-refractivity contribution in [2.45, 2.75) is 37.8 Å². The third-order valence-electron chi connectivity index (χ3n) is 4.33. The van der Waals surface area contributed by atoms with E-state index in [-0.39, 0.29) is 11.7 Å². The van der Waals surface area contributed by atoms with Crippen LogP contribution in [-0.4, -0.2) is 45.5 Å². The monoisotopic (exact) mass is 292 g/mol. The number of hydrogen-bond donors (Lipinski definition) is 1. The normalized spacial score (nSPS) is 21.5. The Balaban J connectivity index is 1.79. The van der Waals surface area contributed by atoms with E-state index in [9.17, 15) is 14.9 Å². The zero-order valence-corrected chi connectivity index (χ0v) is 12.1. The van der Waals surface area contributed by atoms with Gasteiger partial charge in [-0.05, 0) is 43.2 Å². The highest BCUT2D eigenvalue weighted by atomic mass is 16.6. The zero-order valence-electron chi connectivity index (χ0n) is 12.1. The molecule has 1 saturated heterocycles. The summed E-state index contributed by atoms with van der Waals surface area (Å²) in [7, 11) is 1.57. The molecule has 1 aromatic rings. The minimum absolute atomic E-state index is 0.0481. The molecule has 1 N–H and O–H groups in total. The van der Waals surface area contributed by atoms with Gasteiger partial charge in [-0.25, -0.2) is 4.57 Å². The molecule has 7 nitrogen and oxygen atoms in total. The van der Waals surface area contributed by atoms with Crippen molar-refractivity contribution in [3.05, 3.63) is 27.9 Å². The molecule has 1 saturated carbocycles. The van der Waals surface area contributed by atoms with Crippen LogP contribution in [0, 0.1) is 10.1 Å². The van der Waals surface area contributed by atoms with Gasteiger partial charge in [0.15, 0.2) is 5.69 Å². The Morgan fingerprint density at radius 3 is 2.76 bits per heavy atom. The lowest BCUT2D eigenvalue weighted by Crippen LogP contribution is -2.43. The molecule has 0 aromatic carbocycles. The summed E-state index contributed by atoms with van der Waals surface area (Å²) in [4.78, 5) is 25.1. The first-order chi connectivity index (χ1) is 10.1. The molecule has 1 amide bonds. The molecule has 2 fully saturated rings. The lowest BCUT2D eigenvalue weighted by Gasteiger charge is -2.25. The molecular weight excluding hydrogens is 272 g/mol. The van der Waals surface area contributed by atoms with Crippen LogP contribution in [-0.2, 0) is 7.05 Å². The van der Waals surface area contributed by atoms with Gasteiger partial charge in [-0.15, -0.1) is 0 Å². The minimum atomic E-state index is -0.462. The lowest BCUT2D eigenvalue weighted by atomic mass is 10.2. The highest BCUT2D eigenvalue weighted by Gasteiger charge is 2.37. The second-order valence-corrected chi connectivity index (χ2v) is 5.87. The SMILES string of the molecule is Cn1c(C(=O)N(CC2CCCN2)C2CC2)ccc1[N+](=O)[O-]. The molecule has 114 valence electrons. The van der Waals surface area contributed by atoms with Crippen LogP contribution in [0.1, 0.15) is 36.2 Å². The first kappa shape index (κ1) is 14.1. The lowest BCUT2D eigenvalue weighted by molar-refractivity contribution is -0.391. The van der Waals surface area contributed by atoms with Crippen LogP contribution >= 0.6 is 0 Å². The van der Waals surface area contributed by atoms with Gasteiger partial charge in [-0.2, -0.15) is 0 Å². The predicted octanol–water partition coefficient (Wildman–Crippen LogP) is 1.29. The van der Waals surface area contributed by atoms with E-state index < -0.39 is 4.92 Å². The van der Waals surface area contributed by atoms with E-state index in [1.165, 1.54) is 10.6 Å². The molecule has 7 heteroatoms. The number of nitro groups is 1. The summed E-state index contributed by atoms with van der Waals surface area (Å²) in [5.74, 6) is -0.144. The fraction of sp³-hybridized carbons (Fsp3) is 0.643. The Hall–Kier alpha value is -1.89. The molecule has 1 aromatic heterocycles. The summed E-state index contributed by atoms with van der Waals surface area (Å²) >= 11 is 0. The van der Waals surface area contributed by atoms with E-state index in [0.717, 1.165) is 32.2 Å². The number of rotatable bonds is 5. The molecule has 1 unspecified atom stereocenters. The van der Waals surface area contributed by atoms with Crippen LogP contribution in [0.2, 0.25) is 0 Å². The first-order valence-electron chi connectivity index (χ1n) is 7.42. The van der Waals surface area contributed by atoms with Gasteiger partial charge in [0.2, 0.25) is 0 Å². The third kappa shape index (κ3) is 2.78. The minimum Gasteiger partial charge on any atom is -0.358 e. The maximum atomic E-state index is 12.7. The van der Waals surface area contributed by atoms with Gasteiger partial charge in [0.1, 0.15) is 0 Å². The van der Waals surface area contributed by atoms with E-state index in [1.807, 2.05) is 4.90 Å². The summed E-state index contributed by atoms with van der Waals surface area (Å²) < 4.78 is 1.37. The van der Waals surface area contributed by atoms with Crippen LogP contribution in [0.3, 0.4) is 0 Å². The van der Waals surface area contributed by atoms with Crippen molar-refractivity contribution in [1.29, 1.82) is 0 Å². The standard InChI is InChI=1S/C14H20N4O3/c1-16-12(6-7-13(16)18(20)21)14(19)17(11-4-5-11)9-10-3-2-8-15-10/h6-7,10-11,15H,2-5,8-9H2,1H3. The summed E-state index contributed by atoms with van der Waals surface area (Å²) in [5, 5.41) is 14.3. The molecule has 1 aliphatic heterocycles. The van der Waals surface area contributed by atoms with Gasteiger partial charge >= 0.3 is 5.82 Å². The predicted molar refractivity (Wildman–Crippen MR) is 77.2 cm³/mol. The first-order valence-corrected chi connectivity index (χ1v) is 7.42. The van der Waals surface area contributed by atoms with Crippen molar-refractivity contribution in [2.24, 2.45) is 7.05 Å². The highest BCUT2D eigenvalue weighted by molar-refractivity contribution is 5.93. The number of nitrogens with zero attached hydrogens (tertiary/aromatic N) is 3. The molecule has 21 heavy (non-hydrogen) atoms. The van der Waals surface area contributed by atoms with E-state index in [4.69, 9.17) is 0 Å². The Labute approximate surface area is 123 Å². The molecule has 1 aliphatic carbocycles. The molecule has 2 heterocycles. The van der Waals surface area contributed by atoms with Crippen LogP contribution in [0.5, 0.6) is 0 Å². The quantitative estimate of drug-likeness (QED) is 0.655. The number of nitrogens with one attached hydrogen (secondary N) is 1. The fourth-order valence-corrected chi connectivity index (χ4v) is 2.98. The van der Waals surface area contributed by atoms with Gasteiger partial charge in [-0.1, -0.05) is 0 Å². The van der Waals surface area contributed by atoms with Gasteiger partial charge in [0.05, 0.1) is 7.05 Å². The highest BCUT2D eigenvalue weighted by Crippen LogP contribution is 2.30. The fourth-order valence-electron chi connectivity index (χ4n) is 2.98. The van der Waals surface area contributed by atoms with E-state index >= 15 is 0 Å². The van der Waals surface area contributed by atoms with E-state index in [0.29, 0.717) is 24.3 Å². The average molecular weight is 292 g/mol. The summed E-state index contributed by atoms with van der Waals surface area (Å²) in [5.41, 5.74) is 0.395. The van der Waals surface area contributed by atoms with Crippen LogP contribution < -0.4 is 5.32 Å². The van der Waals surface area contributed by atoms with Crippen LogP contribution in [0.25, 0.3) is 0 Å². The van der Waals surface area contributed by atoms with Gasteiger partial charge < -0.3 is 20.3 Å². The summed E-state index contributed by atoms with van der Waals surface area (Å²) in [6.45, 7) is 1.70. The Bertz CT molecular complexity index is 559. The van der Waals surface area contributed by atoms with E-state index in [1.54, 1.807) is 13.1 Å². The van der Waals surface area contributed by atoms with Gasteiger partial charge in [0.25, 0.3) is 5.91 Å². The topological polar surface area (TPSA) is 80.4 Å². The molecule has 0 spiro atoms. The average Bonchev–Trinajstić information content (AvgIpc) is 3.01. The van der Waals surface area contributed by atoms with Crippen LogP contribution in [0.4, 0.5) is 5.82 Å². The molecule has 1 atom stereocenters. The third-order valence-corrected chi connectivity index (χ3v) is 4.33. The Morgan fingerprint density at radius 2 is 2.24 bits per heavy atom. The van der Waals surface area contributed by atoms with Crippen molar-refractivity contribution in [2.75, 3.05) is 13.1 Å². The van der Waals surface area contributed by atoms with Crippen LogP contribution in [0.15, 0.2) is 12.1 Å². The van der Waals surface area contributed by atoms with Crippen molar-refractivity contribution >= 4 is 11.7 Å². The number of aromatic nitrogens is 1. The second-order valence-electron chi connectivity index (χ2n) is 5.87. The summed E-state index contributed by atoms with van der Waals surface area (Å²) in [6, 6.07) is 3.60. The molecular formula is C14H20N4O3. The Morgan fingerprint density at radius 1 is 1.48 bits per heavy atom. The van der Waals surface area contributed by atoms with Crippen molar-refractivity contribution < 1.29 is 9.72 Å². The van der Waals surface area contributed by atoms with E-state index in [2.05, 4.69) is 5.32 Å². The molecule has 0 radical (unpaired) electrons. The van der Waals surface area contributed by atoms with Crippen molar-refractivity contribution in [1.82, 2.24) is 14.8 Å². The molecule has 0 bridgehead atoms.